The molecule has 0 spiro atoms. The fourth-order valence-electron chi connectivity index (χ4n) is 2.87. The van der Waals surface area contributed by atoms with Crippen LogP contribution >= 0.6 is 0 Å². The van der Waals surface area contributed by atoms with Crippen molar-refractivity contribution < 1.29 is 4.79 Å². The monoisotopic (exact) mass is 331 g/mol. The first-order valence-electron chi connectivity index (χ1n) is 7.89. The number of aryl methyl sites for hydroxylation is 2. The molecule has 5 nitrogen and oxygen atoms in total. The Bertz CT molecular complexity index is 1070. The number of nitrogens with zero attached hydrogens (tertiary/aromatic N) is 2. The van der Waals surface area contributed by atoms with Crippen LogP contribution in [0.1, 0.15) is 16.8 Å². The minimum atomic E-state index is -0.436. The van der Waals surface area contributed by atoms with Crippen molar-refractivity contribution in [2.24, 2.45) is 0 Å². The minimum Gasteiger partial charge on any atom is -0.325 e. The van der Waals surface area contributed by atoms with Crippen molar-refractivity contribution in [1.82, 2.24) is 4.57 Å². The smallest absolute Gasteiger partial charge is 0.269 e. The number of amides is 1. The van der Waals surface area contributed by atoms with Gasteiger partial charge >= 0.3 is 0 Å². The Morgan fingerprint density at radius 2 is 1.84 bits per heavy atom. The summed E-state index contributed by atoms with van der Waals surface area (Å²) in [6.07, 6.45) is 0. The van der Waals surface area contributed by atoms with Crippen LogP contribution in [0, 0.1) is 25.2 Å². The van der Waals surface area contributed by atoms with E-state index in [2.05, 4.69) is 5.32 Å². The van der Waals surface area contributed by atoms with Crippen molar-refractivity contribution in [3.05, 3.63) is 75.7 Å². The second kappa shape index (κ2) is 6.62. The maximum atomic E-state index is 12.4. The average Bonchev–Trinajstić information content (AvgIpc) is 2.59. The van der Waals surface area contributed by atoms with Crippen LogP contribution in [0.3, 0.4) is 0 Å². The number of carbonyl (C=O) groups is 1. The lowest BCUT2D eigenvalue weighted by Crippen LogP contribution is -2.31. The van der Waals surface area contributed by atoms with Gasteiger partial charge in [0.25, 0.3) is 5.56 Å². The lowest BCUT2D eigenvalue weighted by atomic mass is 10.1. The number of fused-ring (bicyclic) bond motifs is 1. The van der Waals surface area contributed by atoms with E-state index in [1.807, 2.05) is 48.5 Å². The van der Waals surface area contributed by atoms with Crippen molar-refractivity contribution in [3.63, 3.8) is 0 Å². The van der Waals surface area contributed by atoms with Gasteiger partial charge in [-0.25, -0.2) is 0 Å². The van der Waals surface area contributed by atoms with Crippen LogP contribution < -0.4 is 10.9 Å². The minimum absolute atomic E-state index is 0.0732. The van der Waals surface area contributed by atoms with Crippen LogP contribution in [0.2, 0.25) is 0 Å². The molecule has 3 aromatic rings. The third-order valence-electron chi connectivity index (χ3n) is 4.15. The highest BCUT2D eigenvalue weighted by atomic mass is 16.2. The van der Waals surface area contributed by atoms with Gasteiger partial charge in [0.05, 0.1) is 0 Å². The van der Waals surface area contributed by atoms with Gasteiger partial charge in [-0.3, -0.25) is 9.59 Å². The first-order chi connectivity index (χ1) is 12.0. The van der Waals surface area contributed by atoms with Gasteiger partial charge in [-0.2, -0.15) is 5.26 Å². The lowest BCUT2D eigenvalue weighted by Gasteiger charge is -2.12. The molecule has 0 fully saturated rings. The molecule has 0 atom stereocenters. The summed E-state index contributed by atoms with van der Waals surface area (Å²) < 4.78 is 1.32. The highest BCUT2D eigenvalue weighted by Gasteiger charge is 2.13. The van der Waals surface area contributed by atoms with Crippen molar-refractivity contribution in [2.45, 2.75) is 20.4 Å². The van der Waals surface area contributed by atoms with Crippen LogP contribution in [-0.4, -0.2) is 10.5 Å². The predicted octanol–water partition coefficient (Wildman–Crippen LogP) is 3.13. The van der Waals surface area contributed by atoms with E-state index in [4.69, 9.17) is 5.26 Å². The quantitative estimate of drug-likeness (QED) is 0.801. The van der Waals surface area contributed by atoms with Crippen LogP contribution in [-0.2, 0) is 11.3 Å². The Morgan fingerprint density at radius 3 is 2.56 bits per heavy atom. The average molecular weight is 331 g/mol. The highest BCUT2D eigenvalue weighted by Crippen LogP contribution is 2.18. The number of anilines is 1. The number of pyridine rings is 1. The molecule has 124 valence electrons. The van der Waals surface area contributed by atoms with Gasteiger partial charge in [-0.1, -0.05) is 30.3 Å². The number of carbonyl (C=O) groups excluding carboxylic acids is 1. The summed E-state index contributed by atoms with van der Waals surface area (Å²) in [5, 5.41) is 14.0. The molecule has 0 saturated carbocycles. The number of rotatable bonds is 3. The third kappa shape index (κ3) is 3.29. The second-order valence-corrected chi connectivity index (χ2v) is 5.96. The molecule has 0 aliphatic heterocycles. The standard InChI is InChI=1S/C20H17N3O2/c1-13-9-14(2)23(20(25)18(13)11-21)12-19(24)22-17-8-7-15-5-3-4-6-16(15)10-17/h3-10H,12H2,1-2H3,(H,22,24). The van der Waals surface area contributed by atoms with E-state index in [9.17, 15) is 9.59 Å². The Balaban J connectivity index is 1.85. The summed E-state index contributed by atoms with van der Waals surface area (Å²) >= 11 is 0. The molecule has 2 aromatic carbocycles. The first-order valence-corrected chi connectivity index (χ1v) is 7.89. The van der Waals surface area contributed by atoms with Gasteiger partial charge in [0.15, 0.2) is 0 Å². The van der Waals surface area contributed by atoms with Crippen LogP contribution in [0.5, 0.6) is 0 Å². The zero-order valence-electron chi connectivity index (χ0n) is 14.0. The number of benzene rings is 2. The van der Waals surface area contributed by atoms with Crippen molar-refractivity contribution in [2.75, 3.05) is 5.32 Å². The Hall–Kier alpha value is -3.39. The van der Waals surface area contributed by atoms with Gasteiger partial charge in [-0.05, 0) is 48.4 Å². The predicted molar refractivity (Wildman–Crippen MR) is 97.5 cm³/mol. The van der Waals surface area contributed by atoms with Gasteiger partial charge in [0, 0.05) is 11.4 Å². The molecular weight excluding hydrogens is 314 g/mol. The summed E-state index contributed by atoms with van der Waals surface area (Å²) in [6, 6.07) is 17.2. The van der Waals surface area contributed by atoms with E-state index < -0.39 is 5.56 Å². The van der Waals surface area contributed by atoms with Crippen LogP contribution in [0.15, 0.2) is 53.3 Å². The molecule has 0 aliphatic rings. The molecule has 1 aromatic heterocycles. The van der Waals surface area contributed by atoms with Gasteiger partial charge in [0.1, 0.15) is 18.2 Å². The number of nitriles is 1. The van der Waals surface area contributed by atoms with Crippen molar-refractivity contribution in [1.29, 1.82) is 5.26 Å². The zero-order valence-corrected chi connectivity index (χ0v) is 14.0. The SMILES string of the molecule is Cc1cc(C)n(CC(=O)Nc2ccc3ccccc3c2)c(=O)c1C#N. The number of aromatic nitrogens is 1. The third-order valence-corrected chi connectivity index (χ3v) is 4.15. The van der Waals surface area contributed by atoms with E-state index in [-0.39, 0.29) is 18.0 Å². The number of nitrogens with one attached hydrogen (secondary N) is 1. The molecular formula is C20H17N3O2. The molecule has 0 aliphatic carbocycles. The lowest BCUT2D eigenvalue weighted by molar-refractivity contribution is -0.116. The summed E-state index contributed by atoms with van der Waals surface area (Å²) in [5.41, 5.74) is 1.58. The summed E-state index contributed by atoms with van der Waals surface area (Å²) in [5.74, 6) is -0.312. The molecule has 0 radical (unpaired) electrons. The molecule has 1 heterocycles. The molecule has 1 amide bonds. The Kier molecular flexibility index (Phi) is 4.36. The normalized spacial score (nSPS) is 10.4. The van der Waals surface area contributed by atoms with E-state index in [0.717, 1.165) is 10.8 Å². The maximum Gasteiger partial charge on any atom is 0.269 e. The maximum absolute atomic E-state index is 12.4. The molecule has 0 saturated heterocycles. The zero-order chi connectivity index (χ0) is 18.0. The molecule has 3 rings (SSSR count). The largest absolute Gasteiger partial charge is 0.325 e. The van der Waals surface area contributed by atoms with Gasteiger partial charge in [-0.15, -0.1) is 0 Å². The van der Waals surface area contributed by atoms with E-state index in [0.29, 0.717) is 16.9 Å². The fraction of sp³-hybridized carbons (Fsp3) is 0.150. The van der Waals surface area contributed by atoms with Crippen LogP contribution in [0.25, 0.3) is 10.8 Å². The molecule has 25 heavy (non-hydrogen) atoms. The van der Waals surface area contributed by atoms with Gasteiger partial charge < -0.3 is 9.88 Å². The molecule has 5 heteroatoms. The molecule has 0 unspecified atom stereocenters. The van der Waals surface area contributed by atoms with E-state index in [1.165, 1.54) is 4.57 Å². The second-order valence-electron chi connectivity index (χ2n) is 5.96. The first kappa shape index (κ1) is 16.5. The summed E-state index contributed by atoms with van der Waals surface area (Å²) in [7, 11) is 0. The molecule has 1 N–H and O–H groups in total. The number of hydrogen-bond acceptors (Lipinski definition) is 3. The highest BCUT2D eigenvalue weighted by molar-refractivity contribution is 5.94. The number of hydrogen-bond donors (Lipinski definition) is 1. The van der Waals surface area contributed by atoms with E-state index >= 15 is 0 Å². The van der Waals surface area contributed by atoms with Crippen molar-refractivity contribution in [3.8, 4) is 6.07 Å². The van der Waals surface area contributed by atoms with Crippen molar-refractivity contribution >= 4 is 22.4 Å². The Morgan fingerprint density at radius 1 is 1.12 bits per heavy atom. The van der Waals surface area contributed by atoms with Crippen LogP contribution in [0.4, 0.5) is 5.69 Å². The Labute approximate surface area is 145 Å². The fourth-order valence-corrected chi connectivity index (χ4v) is 2.87. The summed E-state index contributed by atoms with van der Waals surface area (Å²) in [6.45, 7) is 3.33. The van der Waals surface area contributed by atoms with E-state index in [1.54, 1.807) is 19.9 Å². The molecule has 0 bridgehead atoms. The van der Waals surface area contributed by atoms with Gasteiger partial charge in [0.2, 0.25) is 5.91 Å². The summed E-state index contributed by atoms with van der Waals surface area (Å²) in [4.78, 5) is 24.7. The topological polar surface area (TPSA) is 74.9 Å².